The Balaban J connectivity index is 3.06. The monoisotopic (exact) mass is 169 g/mol. The second kappa shape index (κ2) is 4.04. The van der Waals surface area contributed by atoms with Crippen molar-refractivity contribution in [1.82, 2.24) is 4.98 Å². The average molecular weight is 169 g/mol. The molecule has 1 aromatic heterocycles. The molecule has 13 heavy (non-hydrogen) atoms. The van der Waals surface area contributed by atoms with Crippen molar-refractivity contribution in [3.8, 4) is 12.1 Å². The zero-order chi connectivity index (χ0) is 9.68. The average Bonchev–Trinajstić information content (AvgIpc) is 2.14. The van der Waals surface area contributed by atoms with Gasteiger partial charge < -0.3 is 0 Å². The summed E-state index contributed by atoms with van der Waals surface area (Å²) in [5.74, 6) is 0. The van der Waals surface area contributed by atoms with E-state index < -0.39 is 0 Å². The van der Waals surface area contributed by atoms with Gasteiger partial charge in [-0.2, -0.15) is 10.5 Å². The van der Waals surface area contributed by atoms with E-state index in [1.807, 2.05) is 19.1 Å². The van der Waals surface area contributed by atoms with Gasteiger partial charge in [-0.1, -0.05) is 6.07 Å². The highest BCUT2D eigenvalue weighted by molar-refractivity contribution is 5.59. The molecule has 0 fully saturated rings. The third-order valence-corrected chi connectivity index (χ3v) is 1.44. The molecule has 0 saturated heterocycles. The summed E-state index contributed by atoms with van der Waals surface area (Å²) in [7, 11) is 0. The summed E-state index contributed by atoms with van der Waals surface area (Å²) in [6.07, 6.45) is 1.47. The van der Waals surface area contributed by atoms with Gasteiger partial charge in [0.2, 0.25) is 0 Å². The molecule has 3 nitrogen and oxygen atoms in total. The van der Waals surface area contributed by atoms with Gasteiger partial charge in [-0.3, -0.25) is 4.98 Å². The van der Waals surface area contributed by atoms with Crippen LogP contribution in [0.4, 0.5) is 0 Å². The van der Waals surface area contributed by atoms with E-state index in [4.69, 9.17) is 10.5 Å². The fourth-order valence-electron chi connectivity index (χ4n) is 0.882. The van der Waals surface area contributed by atoms with E-state index >= 15 is 0 Å². The number of hydrogen-bond donors (Lipinski definition) is 0. The molecule has 1 aromatic rings. The van der Waals surface area contributed by atoms with Gasteiger partial charge in [0.15, 0.2) is 0 Å². The summed E-state index contributed by atoms with van der Waals surface area (Å²) in [4.78, 5) is 4.13. The van der Waals surface area contributed by atoms with Gasteiger partial charge in [-0.25, -0.2) is 0 Å². The molecule has 0 atom stereocenters. The molecule has 3 heteroatoms. The van der Waals surface area contributed by atoms with Crippen molar-refractivity contribution in [2.75, 3.05) is 0 Å². The second-order valence-electron chi connectivity index (χ2n) is 2.49. The Morgan fingerprint density at radius 2 is 2.08 bits per heavy atom. The lowest BCUT2D eigenvalue weighted by Gasteiger charge is -1.93. The summed E-state index contributed by atoms with van der Waals surface area (Å²) in [6.45, 7) is 1.86. The van der Waals surface area contributed by atoms with E-state index in [9.17, 15) is 0 Å². The molecule has 0 saturated carbocycles. The van der Waals surface area contributed by atoms with Crippen molar-refractivity contribution in [3.63, 3.8) is 0 Å². The summed E-state index contributed by atoms with van der Waals surface area (Å²) >= 11 is 0. The molecule has 0 spiro atoms. The fourth-order valence-corrected chi connectivity index (χ4v) is 0.882. The molecule has 0 bridgehead atoms. The van der Waals surface area contributed by atoms with Gasteiger partial charge in [0.25, 0.3) is 0 Å². The standard InChI is InChI=1S/C10H7N3/c1-8-3-2-4-10(13-8)5-9(6-11)7-12/h2-5H,1H3. The summed E-state index contributed by atoms with van der Waals surface area (Å²) in [6, 6.07) is 9.00. The Bertz CT molecular complexity index is 403. The first-order chi connectivity index (χ1) is 6.26. The normalized spacial score (nSPS) is 8.23. The fraction of sp³-hybridized carbons (Fsp3) is 0.100. The number of nitrogens with zero attached hydrogens (tertiary/aromatic N) is 3. The topological polar surface area (TPSA) is 60.5 Å². The van der Waals surface area contributed by atoms with E-state index in [0.29, 0.717) is 5.69 Å². The Morgan fingerprint density at radius 1 is 1.38 bits per heavy atom. The van der Waals surface area contributed by atoms with E-state index in [-0.39, 0.29) is 5.57 Å². The molecule has 0 aliphatic carbocycles. The SMILES string of the molecule is Cc1cccc(C=C(C#N)C#N)n1. The first kappa shape index (κ1) is 8.96. The van der Waals surface area contributed by atoms with Gasteiger partial charge in [-0.15, -0.1) is 0 Å². The van der Waals surface area contributed by atoms with Crippen LogP contribution in [0.15, 0.2) is 23.8 Å². The Kier molecular flexibility index (Phi) is 2.78. The summed E-state index contributed by atoms with van der Waals surface area (Å²) in [5.41, 5.74) is 1.57. The molecule has 0 unspecified atom stereocenters. The van der Waals surface area contributed by atoms with E-state index in [0.717, 1.165) is 5.69 Å². The quantitative estimate of drug-likeness (QED) is 0.602. The number of allylic oxidation sites excluding steroid dienone is 1. The molecular formula is C10H7N3. The highest BCUT2D eigenvalue weighted by Crippen LogP contribution is 2.03. The zero-order valence-electron chi connectivity index (χ0n) is 7.15. The van der Waals surface area contributed by atoms with Crippen LogP contribution in [0.3, 0.4) is 0 Å². The first-order valence-electron chi connectivity index (χ1n) is 3.72. The summed E-state index contributed by atoms with van der Waals surface area (Å²) < 4.78 is 0. The molecule has 0 radical (unpaired) electrons. The van der Waals surface area contributed by atoms with E-state index in [1.165, 1.54) is 6.08 Å². The molecule has 0 N–H and O–H groups in total. The van der Waals surface area contributed by atoms with Crippen molar-refractivity contribution in [2.24, 2.45) is 0 Å². The van der Waals surface area contributed by atoms with Gasteiger partial charge in [0, 0.05) is 5.69 Å². The highest BCUT2D eigenvalue weighted by Gasteiger charge is 1.94. The van der Waals surface area contributed by atoms with Crippen molar-refractivity contribution in [2.45, 2.75) is 6.92 Å². The lowest BCUT2D eigenvalue weighted by atomic mass is 10.2. The van der Waals surface area contributed by atoms with Crippen LogP contribution in [0.25, 0.3) is 6.08 Å². The van der Waals surface area contributed by atoms with Crippen molar-refractivity contribution in [3.05, 3.63) is 35.2 Å². The predicted octanol–water partition coefficient (Wildman–Crippen LogP) is 1.82. The Hall–Kier alpha value is -2.13. The molecule has 0 aliphatic rings. The minimum Gasteiger partial charge on any atom is -0.254 e. The first-order valence-corrected chi connectivity index (χ1v) is 3.72. The van der Waals surface area contributed by atoms with Gasteiger partial charge >= 0.3 is 0 Å². The second-order valence-corrected chi connectivity index (χ2v) is 2.49. The molecule has 62 valence electrons. The smallest absolute Gasteiger partial charge is 0.131 e. The molecular weight excluding hydrogens is 162 g/mol. The largest absolute Gasteiger partial charge is 0.254 e. The maximum absolute atomic E-state index is 8.49. The van der Waals surface area contributed by atoms with Crippen LogP contribution in [0, 0.1) is 29.6 Å². The van der Waals surface area contributed by atoms with Crippen molar-refractivity contribution < 1.29 is 0 Å². The molecule has 0 aliphatic heterocycles. The number of pyridine rings is 1. The Labute approximate surface area is 76.6 Å². The molecule has 1 heterocycles. The van der Waals surface area contributed by atoms with Crippen LogP contribution in [-0.4, -0.2) is 4.98 Å². The van der Waals surface area contributed by atoms with Gasteiger partial charge in [-0.05, 0) is 25.1 Å². The van der Waals surface area contributed by atoms with Gasteiger partial charge in [0.05, 0.1) is 5.69 Å². The van der Waals surface area contributed by atoms with E-state index in [1.54, 1.807) is 18.2 Å². The van der Waals surface area contributed by atoms with Crippen LogP contribution in [0.2, 0.25) is 0 Å². The Morgan fingerprint density at radius 3 is 2.62 bits per heavy atom. The third-order valence-electron chi connectivity index (χ3n) is 1.44. The van der Waals surface area contributed by atoms with Gasteiger partial charge in [0.1, 0.15) is 17.7 Å². The highest BCUT2D eigenvalue weighted by atomic mass is 14.7. The third kappa shape index (κ3) is 2.43. The van der Waals surface area contributed by atoms with Crippen LogP contribution in [0.5, 0.6) is 0 Å². The van der Waals surface area contributed by atoms with Crippen LogP contribution >= 0.6 is 0 Å². The number of hydrogen-bond acceptors (Lipinski definition) is 3. The summed E-state index contributed by atoms with van der Waals surface area (Å²) in [5, 5.41) is 17.0. The predicted molar refractivity (Wildman–Crippen MR) is 48.2 cm³/mol. The van der Waals surface area contributed by atoms with Crippen molar-refractivity contribution >= 4 is 6.08 Å². The van der Waals surface area contributed by atoms with Crippen LogP contribution in [0.1, 0.15) is 11.4 Å². The number of aromatic nitrogens is 1. The molecule has 0 amide bonds. The van der Waals surface area contributed by atoms with Crippen LogP contribution in [-0.2, 0) is 0 Å². The number of aryl methyl sites for hydroxylation is 1. The minimum absolute atomic E-state index is 0.0677. The van der Waals surface area contributed by atoms with Crippen LogP contribution < -0.4 is 0 Å². The lowest BCUT2D eigenvalue weighted by molar-refractivity contribution is 1.18. The number of rotatable bonds is 1. The number of nitriles is 2. The minimum atomic E-state index is 0.0677. The van der Waals surface area contributed by atoms with E-state index in [2.05, 4.69) is 4.98 Å². The maximum Gasteiger partial charge on any atom is 0.131 e. The maximum atomic E-state index is 8.49. The zero-order valence-corrected chi connectivity index (χ0v) is 7.15. The van der Waals surface area contributed by atoms with Crippen molar-refractivity contribution in [1.29, 1.82) is 10.5 Å². The molecule has 1 rings (SSSR count). The lowest BCUT2D eigenvalue weighted by Crippen LogP contribution is -1.84. The molecule has 0 aromatic carbocycles.